The Morgan fingerprint density at radius 1 is 1.14 bits per heavy atom. The van der Waals surface area contributed by atoms with Gasteiger partial charge in [0.25, 0.3) is 5.91 Å². The van der Waals surface area contributed by atoms with E-state index in [1.165, 1.54) is 6.07 Å². The fourth-order valence-electron chi connectivity index (χ4n) is 5.67. The third-order valence-electron chi connectivity index (χ3n) is 7.49. The first kappa shape index (κ1) is 29.3. The topological polar surface area (TPSA) is 110 Å². The number of nitrogens with zero attached hydrogens (tertiary/aromatic N) is 7. The molecule has 0 aliphatic carbocycles. The molecule has 4 aromatic rings. The van der Waals surface area contributed by atoms with Crippen LogP contribution in [0.1, 0.15) is 69.2 Å². The molecule has 11 nitrogen and oxygen atoms in total. The fourth-order valence-corrected chi connectivity index (χ4v) is 5.67. The number of aryl methyl sites for hydroxylation is 3. The average Bonchev–Trinajstić information content (AvgIpc) is 3.49. The summed E-state index contributed by atoms with van der Waals surface area (Å²) in [5.41, 5.74) is 2.56. The summed E-state index contributed by atoms with van der Waals surface area (Å²) in [6.45, 7) is 13.2. The summed E-state index contributed by atoms with van der Waals surface area (Å²) in [7, 11) is 1.75. The third kappa shape index (κ3) is 5.75. The van der Waals surface area contributed by atoms with E-state index in [2.05, 4.69) is 25.3 Å². The number of piperidine rings is 1. The number of nitrogens with one attached hydrogen (secondary N) is 1. The van der Waals surface area contributed by atoms with Crippen LogP contribution in [0.3, 0.4) is 0 Å². The lowest BCUT2D eigenvalue weighted by Gasteiger charge is -2.39. The van der Waals surface area contributed by atoms with Crippen LogP contribution in [-0.4, -0.2) is 72.3 Å². The molecule has 1 aliphatic heterocycles. The Bertz CT molecular complexity index is 1650. The van der Waals surface area contributed by atoms with Crippen molar-refractivity contribution < 1.29 is 18.7 Å². The van der Waals surface area contributed by atoms with Crippen LogP contribution in [0, 0.1) is 12.7 Å². The Hall–Kier alpha value is -4.22. The monoisotopic (exact) mass is 578 g/mol. The van der Waals surface area contributed by atoms with Crippen molar-refractivity contribution in [3.63, 3.8) is 0 Å². The van der Waals surface area contributed by atoms with Gasteiger partial charge in [-0.2, -0.15) is 5.10 Å². The molecule has 1 saturated heterocycles. The number of amides is 2. The van der Waals surface area contributed by atoms with Gasteiger partial charge in [0.1, 0.15) is 22.5 Å². The summed E-state index contributed by atoms with van der Waals surface area (Å²) in [5.74, 6) is -0.971. The van der Waals surface area contributed by atoms with Crippen LogP contribution in [0.4, 0.5) is 20.7 Å². The fraction of sp³-hybridized carbons (Fsp3) is 0.500. The minimum atomic E-state index is -0.657. The summed E-state index contributed by atoms with van der Waals surface area (Å²) in [4.78, 5) is 39.1. The number of hydrogen-bond acceptors (Lipinski definition) is 7. The molecule has 0 spiro atoms. The molecule has 0 bridgehead atoms. The van der Waals surface area contributed by atoms with E-state index in [1.807, 2.05) is 52.1 Å². The number of halogens is 1. The predicted molar refractivity (Wildman–Crippen MR) is 160 cm³/mol. The van der Waals surface area contributed by atoms with Gasteiger partial charge < -0.3 is 24.3 Å². The molecule has 0 saturated carbocycles. The molecule has 0 radical (unpaired) electrons. The van der Waals surface area contributed by atoms with Crippen LogP contribution in [0.2, 0.25) is 0 Å². The molecule has 12 heteroatoms. The van der Waals surface area contributed by atoms with E-state index < -0.39 is 17.3 Å². The first-order valence-electron chi connectivity index (χ1n) is 14.5. The minimum absolute atomic E-state index is 0.0260. The maximum absolute atomic E-state index is 15.8. The zero-order chi connectivity index (χ0) is 30.3. The molecular weight excluding hydrogens is 539 g/mol. The van der Waals surface area contributed by atoms with Crippen molar-refractivity contribution in [3.8, 4) is 0 Å². The molecule has 5 rings (SSSR count). The molecule has 0 atom stereocenters. The number of anilines is 2. The first-order chi connectivity index (χ1) is 19.9. The molecule has 1 aromatic carbocycles. The van der Waals surface area contributed by atoms with Gasteiger partial charge in [-0.05, 0) is 59.9 Å². The van der Waals surface area contributed by atoms with Gasteiger partial charge in [0, 0.05) is 50.5 Å². The highest BCUT2D eigenvalue weighted by Crippen LogP contribution is 2.34. The van der Waals surface area contributed by atoms with Crippen LogP contribution in [-0.2, 0) is 18.2 Å². The quantitative estimate of drug-likeness (QED) is 0.339. The van der Waals surface area contributed by atoms with Crippen LogP contribution < -0.4 is 10.2 Å². The third-order valence-corrected chi connectivity index (χ3v) is 7.49. The summed E-state index contributed by atoms with van der Waals surface area (Å²) in [6, 6.07) is 1.44. The van der Waals surface area contributed by atoms with Crippen molar-refractivity contribution >= 4 is 40.1 Å². The van der Waals surface area contributed by atoms with Crippen molar-refractivity contribution in [1.82, 2.24) is 29.0 Å². The second kappa shape index (κ2) is 11.2. The molecule has 1 aliphatic rings. The van der Waals surface area contributed by atoms with Gasteiger partial charge in [-0.3, -0.25) is 14.5 Å². The van der Waals surface area contributed by atoms with Gasteiger partial charge in [-0.1, -0.05) is 6.92 Å². The summed E-state index contributed by atoms with van der Waals surface area (Å²) >= 11 is 0. The smallest absolute Gasteiger partial charge is 0.410 e. The van der Waals surface area contributed by atoms with E-state index in [-0.39, 0.29) is 23.2 Å². The number of carbonyl (C=O) groups is 2. The Morgan fingerprint density at radius 3 is 2.50 bits per heavy atom. The predicted octanol–water partition coefficient (Wildman–Crippen LogP) is 5.10. The minimum Gasteiger partial charge on any atom is -0.444 e. The molecule has 1 N–H and O–H groups in total. The standard InChI is InChI=1S/C30H39FN8O3/c1-8-22-27-33-24(17-38(27)15-18(3)32-22)34-28(40)25-21(31)14-23(20-16-36(7)35-26(20)25)37-12-10-19(11-13-37)39(9-2)29(41)42-30(4,5)6/h14-17,19H,8-13H2,1-7H3,(H,34,40). The molecule has 0 unspecified atom stereocenters. The van der Waals surface area contributed by atoms with Crippen LogP contribution in [0.5, 0.6) is 0 Å². The zero-order valence-corrected chi connectivity index (χ0v) is 25.4. The number of aromatic nitrogens is 5. The van der Waals surface area contributed by atoms with Gasteiger partial charge >= 0.3 is 6.09 Å². The largest absolute Gasteiger partial charge is 0.444 e. The highest BCUT2D eigenvalue weighted by Gasteiger charge is 2.32. The summed E-state index contributed by atoms with van der Waals surface area (Å²) in [6.07, 6.45) is 7.13. The van der Waals surface area contributed by atoms with E-state index >= 15 is 4.39 Å². The molecule has 224 valence electrons. The van der Waals surface area contributed by atoms with Gasteiger partial charge in [-0.25, -0.2) is 14.2 Å². The number of benzene rings is 1. The number of carbonyl (C=O) groups excluding carboxylic acids is 2. The van der Waals surface area contributed by atoms with Crippen LogP contribution in [0.15, 0.2) is 24.7 Å². The maximum atomic E-state index is 15.8. The Morgan fingerprint density at radius 2 is 1.86 bits per heavy atom. The van der Waals surface area contributed by atoms with Crippen molar-refractivity contribution in [2.24, 2.45) is 7.05 Å². The second-order valence-corrected chi connectivity index (χ2v) is 11.8. The van der Waals surface area contributed by atoms with E-state index in [9.17, 15) is 9.59 Å². The van der Waals surface area contributed by atoms with E-state index in [4.69, 9.17) is 4.74 Å². The zero-order valence-electron chi connectivity index (χ0n) is 25.4. The summed E-state index contributed by atoms with van der Waals surface area (Å²) < 4.78 is 24.8. The highest BCUT2D eigenvalue weighted by atomic mass is 19.1. The second-order valence-electron chi connectivity index (χ2n) is 11.8. The van der Waals surface area contributed by atoms with Crippen LogP contribution >= 0.6 is 0 Å². The van der Waals surface area contributed by atoms with Gasteiger partial charge in [-0.15, -0.1) is 0 Å². The first-order valence-corrected chi connectivity index (χ1v) is 14.5. The van der Waals surface area contributed by atoms with Crippen LogP contribution in [0.25, 0.3) is 16.6 Å². The van der Waals surface area contributed by atoms with E-state index in [0.29, 0.717) is 61.4 Å². The lowest BCUT2D eigenvalue weighted by molar-refractivity contribution is 0.0149. The number of ether oxygens (including phenoxy) is 1. The number of hydrogen-bond donors (Lipinski definition) is 1. The Balaban J connectivity index is 1.38. The van der Waals surface area contributed by atoms with E-state index in [0.717, 1.165) is 11.4 Å². The summed E-state index contributed by atoms with van der Waals surface area (Å²) in [5, 5.41) is 7.92. The van der Waals surface area contributed by atoms with E-state index in [1.54, 1.807) is 29.0 Å². The number of fused-ring (bicyclic) bond motifs is 2. The lowest BCUT2D eigenvalue weighted by atomic mass is 10.0. The normalized spacial score (nSPS) is 14.5. The molecule has 2 amide bonds. The SMILES string of the molecule is CCc1nc(C)cn2cc(NC(=O)c3c(F)cc(N4CCC(N(CC)C(=O)OC(C)(C)C)CC4)c4cn(C)nc34)nc12. The molecule has 3 aromatic heterocycles. The molecule has 1 fully saturated rings. The van der Waals surface area contributed by atoms with Gasteiger partial charge in [0.15, 0.2) is 11.5 Å². The number of rotatable bonds is 6. The lowest BCUT2D eigenvalue weighted by Crippen LogP contribution is -2.48. The molecule has 4 heterocycles. The van der Waals surface area contributed by atoms with Crippen molar-refractivity contribution in [1.29, 1.82) is 0 Å². The van der Waals surface area contributed by atoms with Gasteiger partial charge in [0.05, 0.1) is 23.3 Å². The van der Waals surface area contributed by atoms with Crippen molar-refractivity contribution in [3.05, 3.63) is 47.4 Å². The van der Waals surface area contributed by atoms with Crippen molar-refractivity contribution in [2.45, 2.75) is 72.4 Å². The molecule has 42 heavy (non-hydrogen) atoms. The number of imidazole rings is 1. The maximum Gasteiger partial charge on any atom is 0.410 e. The Kier molecular flexibility index (Phi) is 7.82. The average molecular weight is 579 g/mol. The highest BCUT2D eigenvalue weighted by molar-refractivity contribution is 6.14. The Labute approximate surface area is 244 Å². The van der Waals surface area contributed by atoms with Gasteiger partial charge in [0.2, 0.25) is 0 Å². The molecular formula is C30H39FN8O3. The van der Waals surface area contributed by atoms with Crippen molar-refractivity contribution in [2.75, 3.05) is 29.9 Å².